The van der Waals surface area contributed by atoms with E-state index in [4.69, 9.17) is 21.7 Å². The van der Waals surface area contributed by atoms with Gasteiger partial charge in [-0.15, -0.1) is 0 Å². The minimum atomic E-state index is -1.32. The summed E-state index contributed by atoms with van der Waals surface area (Å²) in [6, 6.07) is 4.13. The number of amides is 1. The predicted molar refractivity (Wildman–Crippen MR) is 98.2 cm³/mol. The molecule has 6 nitrogen and oxygen atoms in total. The van der Waals surface area contributed by atoms with E-state index >= 15 is 0 Å². The third kappa shape index (κ3) is 3.96. The molecule has 1 aromatic carbocycles. The Morgan fingerprint density at radius 3 is 2.44 bits per heavy atom. The first-order valence-corrected chi connectivity index (χ1v) is 8.72. The molecule has 2 rings (SSSR count). The number of aliphatic carboxylic acids is 1. The molecule has 1 fully saturated rings. The van der Waals surface area contributed by atoms with Gasteiger partial charge in [-0.2, -0.15) is 0 Å². The van der Waals surface area contributed by atoms with Gasteiger partial charge < -0.3 is 19.4 Å². The summed E-state index contributed by atoms with van der Waals surface area (Å²) in [5, 5.41) is 11.4. The summed E-state index contributed by atoms with van der Waals surface area (Å²) < 4.78 is 10.6. The van der Waals surface area contributed by atoms with Crippen LogP contribution in [0, 0.1) is 5.92 Å². The first kappa shape index (κ1) is 19.3. The van der Waals surface area contributed by atoms with Crippen molar-refractivity contribution in [1.29, 1.82) is 0 Å². The van der Waals surface area contributed by atoms with Crippen molar-refractivity contribution in [3.63, 3.8) is 0 Å². The van der Waals surface area contributed by atoms with Crippen LogP contribution in [0.2, 0.25) is 0 Å². The lowest BCUT2D eigenvalue weighted by molar-refractivity contribution is -0.311. The van der Waals surface area contributed by atoms with Crippen LogP contribution in [0.5, 0.6) is 11.5 Å². The molecule has 0 bridgehead atoms. The molecular formula is C17H18NO5S2-. The molecule has 0 spiro atoms. The lowest BCUT2D eigenvalue weighted by Gasteiger charge is -2.30. The molecule has 1 aliphatic rings. The summed E-state index contributed by atoms with van der Waals surface area (Å²) in [5.74, 6) is -0.982. The highest BCUT2D eigenvalue weighted by Gasteiger charge is 2.39. The Labute approximate surface area is 155 Å². The Morgan fingerprint density at radius 1 is 1.28 bits per heavy atom. The van der Waals surface area contributed by atoms with Gasteiger partial charge in [-0.05, 0) is 29.7 Å². The first-order chi connectivity index (χ1) is 11.8. The zero-order chi connectivity index (χ0) is 18.7. The Bertz CT molecular complexity index is 745. The molecular weight excluding hydrogens is 362 g/mol. The fourth-order valence-electron chi connectivity index (χ4n) is 2.49. The van der Waals surface area contributed by atoms with E-state index in [2.05, 4.69) is 0 Å². The quantitative estimate of drug-likeness (QED) is 0.549. The van der Waals surface area contributed by atoms with Gasteiger partial charge >= 0.3 is 0 Å². The molecule has 1 aromatic rings. The predicted octanol–water partition coefficient (Wildman–Crippen LogP) is 1.68. The maximum Gasteiger partial charge on any atom is 0.266 e. The fourth-order valence-corrected chi connectivity index (χ4v) is 3.82. The minimum Gasteiger partial charge on any atom is -0.548 e. The van der Waals surface area contributed by atoms with Crippen molar-refractivity contribution < 1.29 is 24.2 Å². The highest BCUT2D eigenvalue weighted by molar-refractivity contribution is 8.26. The smallest absolute Gasteiger partial charge is 0.266 e. The van der Waals surface area contributed by atoms with Crippen LogP contribution in [0.4, 0.5) is 0 Å². The lowest BCUT2D eigenvalue weighted by atomic mass is 10.0. The van der Waals surface area contributed by atoms with Crippen LogP contribution in [-0.2, 0) is 9.59 Å². The molecule has 1 heterocycles. The van der Waals surface area contributed by atoms with Crippen LogP contribution in [0.25, 0.3) is 6.08 Å². The number of methoxy groups -OCH3 is 2. The van der Waals surface area contributed by atoms with Crippen LogP contribution >= 0.6 is 24.0 Å². The van der Waals surface area contributed by atoms with Crippen molar-refractivity contribution in [2.75, 3.05) is 14.2 Å². The number of carbonyl (C=O) groups excluding carboxylic acids is 2. The third-order valence-electron chi connectivity index (χ3n) is 3.68. The van der Waals surface area contributed by atoms with Crippen molar-refractivity contribution in [2.24, 2.45) is 5.92 Å². The molecule has 1 saturated heterocycles. The minimum absolute atomic E-state index is 0.208. The van der Waals surface area contributed by atoms with E-state index in [9.17, 15) is 14.7 Å². The van der Waals surface area contributed by atoms with E-state index in [0.717, 1.165) is 16.7 Å². The molecule has 1 atom stereocenters. The topological polar surface area (TPSA) is 78.9 Å². The lowest BCUT2D eigenvalue weighted by Crippen LogP contribution is -2.52. The molecule has 1 aliphatic heterocycles. The molecule has 25 heavy (non-hydrogen) atoms. The standard InChI is InChI=1S/C17H19NO5S2/c1-9(2)14(16(20)21)18-15(19)13(25-17(18)24)8-10-5-6-11(22-3)12(7-10)23-4/h5-9,14H,1-4H3,(H,20,21)/p-1/b13-8+/t14-/m1/s1. The van der Waals surface area contributed by atoms with Gasteiger partial charge in [-0.25, -0.2) is 0 Å². The van der Waals surface area contributed by atoms with Crippen LogP contribution in [0.15, 0.2) is 23.1 Å². The summed E-state index contributed by atoms with van der Waals surface area (Å²) in [6.45, 7) is 3.41. The number of benzene rings is 1. The molecule has 0 radical (unpaired) electrons. The Kier molecular flexibility index (Phi) is 6.07. The normalized spacial score (nSPS) is 17.3. The monoisotopic (exact) mass is 380 g/mol. The van der Waals surface area contributed by atoms with Crippen molar-refractivity contribution in [3.8, 4) is 11.5 Å². The van der Waals surface area contributed by atoms with E-state index < -0.39 is 17.9 Å². The van der Waals surface area contributed by atoms with Crippen LogP contribution < -0.4 is 14.6 Å². The maximum absolute atomic E-state index is 12.7. The van der Waals surface area contributed by atoms with Crippen molar-refractivity contribution in [3.05, 3.63) is 28.7 Å². The summed E-state index contributed by atoms with van der Waals surface area (Å²) in [6.07, 6.45) is 1.65. The molecule has 8 heteroatoms. The number of carboxylic acid groups (broad SMARTS) is 1. The van der Waals surface area contributed by atoms with Gasteiger partial charge in [-0.1, -0.05) is 43.9 Å². The molecule has 1 amide bonds. The Morgan fingerprint density at radius 2 is 1.92 bits per heavy atom. The molecule has 0 unspecified atom stereocenters. The second kappa shape index (κ2) is 7.88. The van der Waals surface area contributed by atoms with Gasteiger partial charge in [0.1, 0.15) is 4.32 Å². The van der Waals surface area contributed by atoms with Gasteiger partial charge in [0.05, 0.1) is 31.1 Å². The molecule has 0 saturated carbocycles. The van der Waals surface area contributed by atoms with E-state index in [1.807, 2.05) is 0 Å². The molecule has 134 valence electrons. The number of rotatable bonds is 6. The summed E-state index contributed by atoms with van der Waals surface area (Å²) in [5.41, 5.74) is 0.715. The average molecular weight is 380 g/mol. The number of hydrogen-bond donors (Lipinski definition) is 0. The van der Waals surface area contributed by atoms with Gasteiger partial charge in [-0.3, -0.25) is 9.69 Å². The Balaban J connectivity index is 2.36. The molecule has 0 aliphatic carbocycles. The van der Waals surface area contributed by atoms with Crippen molar-refractivity contribution >= 4 is 46.3 Å². The SMILES string of the molecule is COc1ccc(/C=C2/SC(=S)N([C@@H](C(=O)[O-])C(C)C)C2=O)cc1OC. The van der Waals surface area contributed by atoms with Crippen LogP contribution in [0.3, 0.4) is 0 Å². The summed E-state index contributed by atoms with van der Waals surface area (Å²) in [7, 11) is 3.06. The second-order valence-corrected chi connectivity index (χ2v) is 7.35. The number of thioether (sulfide) groups is 1. The maximum atomic E-state index is 12.7. The highest BCUT2D eigenvalue weighted by Crippen LogP contribution is 2.36. The summed E-state index contributed by atoms with van der Waals surface area (Å²) >= 11 is 6.27. The molecule has 0 N–H and O–H groups in total. The Hall–Kier alpha value is -2.06. The zero-order valence-corrected chi connectivity index (χ0v) is 15.9. The van der Waals surface area contributed by atoms with E-state index in [-0.39, 0.29) is 10.2 Å². The van der Waals surface area contributed by atoms with E-state index in [0.29, 0.717) is 22.0 Å². The number of nitrogens with zero attached hydrogens (tertiary/aromatic N) is 1. The first-order valence-electron chi connectivity index (χ1n) is 7.50. The van der Waals surface area contributed by atoms with Crippen LogP contribution in [-0.4, -0.2) is 41.4 Å². The van der Waals surface area contributed by atoms with Gasteiger partial charge in [0.25, 0.3) is 5.91 Å². The van der Waals surface area contributed by atoms with E-state index in [1.54, 1.807) is 38.1 Å². The number of ether oxygens (including phenoxy) is 2. The van der Waals surface area contributed by atoms with Crippen LogP contribution in [0.1, 0.15) is 19.4 Å². The zero-order valence-electron chi connectivity index (χ0n) is 14.3. The number of hydrogen-bond acceptors (Lipinski definition) is 7. The van der Waals surface area contributed by atoms with Crippen molar-refractivity contribution in [2.45, 2.75) is 19.9 Å². The van der Waals surface area contributed by atoms with Crippen molar-refractivity contribution in [1.82, 2.24) is 4.90 Å². The third-order valence-corrected chi connectivity index (χ3v) is 5.01. The second-order valence-electron chi connectivity index (χ2n) is 5.67. The average Bonchev–Trinajstić information content (AvgIpc) is 2.82. The fraction of sp³-hybridized carbons (Fsp3) is 0.353. The van der Waals surface area contributed by atoms with Gasteiger partial charge in [0.15, 0.2) is 11.5 Å². The number of carbonyl (C=O) groups is 2. The summed E-state index contributed by atoms with van der Waals surface area (Å²) in [4.78, 5) is 25.5. The van der Waals surface area contributed by atoms with Gasteiger partial charge in [0, 0.05) is 0 Å². The molecule has 0 aromatic heterocycles. The highest BCUT2D eigenvalue weighted by atomic mass is 32.2. The van der Waals surface area contributed by atoms with E-state index in [1.165, 1.54) is 14.2 Å². The number of thiocarbonyl (C=S) groups is 1. The largest absolute Gasteiger partial charge is 0.548 e. The van der Waals surface area contributed by atoms with Gasteiger partial charge in [0.2, 0.25) is 0 Å². The number of carboxylic acids is 1.